The summed E-state index contributed by atoms with van der Waals surface area (Å²) in [6.07, 6.45) is -22.8. The zero-order valence-corrected chi connectivity index (χ0v) is 19.2. The second-order valence-electron chi connectivity index (χ2n) is 8.17. The highest BCUT2D eigenvalue weighted by molar-refractivity contribution is 5.98. The van der Waals surface area contributed by atoms with Gasteiger partial charge in [0.15, 0.2) is 0 Å². The van der Waals surface area contributed by atoms with E-state index in [-0.39, 0.29) is 22.4 Å². The van der Waals surface area contributed by atoms with Crippen LogP contribution in [0.3, 0.4) is 0 Å². The predicted molar refractivity (Wildman–Crippen MR) is 135 cm³/mol. The SMILES string of the molecule is [2H]C([2H])(c1ccc(/C(C)=N/OCc2ccc(C3([2H])C([2H])([2H])C([2H])([2H])C([2H])(C)C([2H])([2H])C3([2H])[2H])c(C(F)(F)F)c2)cc1C([2H])([2H])C([2H])([2H])[2H])N1CCC1. The van der Waals surface area contributed by atoms with E-state index in [0.29, 0.717) is 38.6 Å². The highest BCUT2D eigenvalue weighted by Gasteiger charge is 2.36. The second kappa shape index (κ2) is 11.2. The lowest BCUT2D eigenvalue weighted by Gasteiger charge is -2.31. The molecule has 2 aromatic carbocycles. The Bertz CT molecular complexity index is 1700. The first-order chi connectivity index (χ1) is 23.2. The molecule has 1 aliphatic heterocycles. The molecule has 0 bridgehead atoms. The fraction of sp³-hybridized carbons (Fsp3) is 0.552. The van der Waals surface area contributed by atoms with Gasteiger partial charge in [0.25, 0.3) is 0 Å². The Morgan fingerprint density at radius 1 is 1.17 bits per heavy atom. The van der Waals surface area contributed by atoms with E-state index < -0.39 is 86.5 Å². The van der Waals surface area contributed by atoms with E-state index in [4.69, 9.17) is 28.1 Å². The van der Waals surface area contributed by atoms with Gasteiger partial charge < -0.3 is 4.84 Å². The normalized spacial score (nSPS) is 39.9. The first kappa shape index (κ1) is 11.8. The van der Waals surface area contributed by atoms with Gasteiger partial charge in [-0.25, -0.2) is 0 Å². The minimum Gasteiger partial charge on any atom is -0.391 e. The molecular formula is C29H37F3N2O. The number of hydrogen-bond acceptors (Lipinski definition) is 3. The minimum atomic E-state index is -5.40. The summed E-state index contributed by atoms with van der Waals surface area (Å²) in [5, 5.41) is 3.84. The van der Waals surface area contributed by atoms with E-state index in [0.717, 1.165) is 12.1 Å². The molecule has 1 heterocycles. The molecule has 0 amide bonds. The van der Waals surface area contributed by atoms with Crippen LogP contribution < -0.4 is 0 Å². The Morgan fingerprint density at radius 2 is 1.94 bits per heavy atom. The average molecular weight is 504 g/mol. The van der Waals surface area contributed by atoms with E-state index in [1.165, 1.54) is 24.0 Å². The molecule has 0 atom stereocenters. The highest BCUT2D eigenvalue weighted by atomic mass is 19.4. The summed E-state index contributed by atoms with van der Waals surface area (Å²) in [5.74, 6) is -7.06. The molecule has 1 aliphatic carbocycles. The first-order valence-electron chi connectivity index (χ1n) is 19.4. The summed E-state index contributed by atoms with van der Waals surface area (Å²) in [4.78, 5) is 6.66. The van der Waals surface area contributed by atoms with Gasteiger partial charge in [-0.15, -0.1) is 0 Å². The summed E-state index contributed by atoms with van der Waals surface area (Å²) in [5.41, 5.74) is -4.06. The molecule has 2 fully saturated rings. The molecular weight excluding hydrogens is 449 g/mol. The quantitative estimate of drug-likeness (QED) is 0.272. The average Bonchev–Trinajstić information content (AvgIpc) is 2.97. The molecule has 35 heavy (non-hydrogen) atoms. The number of hydrogen-bond donors (Lipinski definition) is 0. The van der Waals surface area contributed by atoms with Crippen molar-refractivity contribution in [3.05, 3.63) is 69.8 Å². The zero-order valence-electron chi connectivity index (χ0n) is 36.2. The summed E-state index contributed by atoms with van der Waals surface area (Å²) >= 11 is 0. The van der Waals surface area contributed by atoms with Crippen molar-refractivity contribution < 1.29 is 41.3 Å². The lowest BCUT2D eigenvalue weighted by molar-refractivity contribution is -0.138. The minimum absolute atomic E-state index is 0.0112. The van der Waals surface area contributed by atoms with Gasteiger partial charge >= 0.3 is 6.18 Å². The largest absolute Gasteiger partial charge is 0.416 e. The van der Waals surface area contributed by atoms with E-state index in [2.05, 4.69) is 5.16 Å². The number of halogens is 3. The summed E-state index contributed by atoms with van der Waals surface area (Å²) in [6, 6.07) is 5.53. The fourth-order valence-corrected chi connectivity index (χ4v) is 3.47. The molecule has 0 unspecified atom stereocenters. The van der Waals surface area contributed by atoms with Gasteiger partial charge in [0.05, 0.1) is 11.3 Å². The van der Waals surface area contributed by atoms with E-state index in [1.54, 1.807) is 0 Å². The third kappa shape index (κ3) is 6.46. The Labute approximate surface area is 231 Å². The van der Waals surface area contributed by atoms with Gasteiger partial charge in [-0.05, 0) is 97.3 Å². The number of aryl methyl sites for hydroxylation is 1. The van der Waals surface area contributed by atoms with Gasteiger partial charge in [-0.2, -0.15) is 13.2 Å². The lowest BCUT2D eigenvalue weighted by atomic mass is 9.78. The standard InChI is InChI=1S/C29H37F3N2O/c1-4-23-17-25(11-12-26(23)18-34-14-5-15-34)21(3)33-35-19-22-8-13-27(28(16-22)29(30,31)32)24-9-6-20(2)7-10-24/h8,11-13,16-17,20,24H,4-7,9-10,14-15,18-19H2,1-3H3/b33-21+/i1D3,4D2,6D2,7D2,9D2,10D2,18D2,20D,24D. The van der Waals surface area contributed by atoms with Crippen molar-refractivity contribution in [2.75, 3.05) is 13.1 Å². The zero-order chi connectivity index (χ0) is 40.1. The summed E-state index contributed by atoms with van der Waals surface area (Å²) in [7, 11) is 0. The number of oxime groups is 1. The third-order valence-electron chi connectivity index (χ3n) is 5.55. The van der Waals surface area contributed by atoms with Crippen molar-refractivity contribution >= 4 is 5.71 Å². The topological polar surface area (TPSA) is 24.8 Å². The van der Waals surface area contributed by atoms with Crippen molar-refractivity contribution in [2.45, 2.75) is 84.2 Å². The van der Waals surface area contributed by atoms with E-state index in [1.807, 2.05) is 0 Å². The van der Waals surface area contributed by atoms with Gasteiger partial charge in [-0.3, -0.25) is 4.90 Å². The molecule has 0 aromatic heterocycles. The molecule has 1 saturated heterocycles. The van der Waals surface area contributed by atoms with Crippen molar-refractivity contribution in [1.29, 1.82) is 0 Å². The van der Waals surface area contributed by atoms with Crippen LogP contribution in [0.2, 0.25) is 0 Å². The van der Waals surface area contributed by atoms with Crippen LogP contribution in [0.15, 0.2) is 41.6 Å². The maximum Gasteiger partial charge on any atom is 0.416 e. The smallest absolute Gasteiger partial charge is 0.391 e. The molecule has 2 aliphatic rings. The van der Waals surface area contributed by atoms with Gasteiger partial charge in [0, 0.05) is 29.8 Å². The summed E-state index contributed by atoms with van der Waals surface area (Å²) < 4.78 is 185. The maximum absolute atomic E-state index is 14.6. The van der Waals surface area contributed by atoms with Crippen LogP contribution in [0.5, 0.6) is 0 Å². The van der Waals surface area contributed by atoms with Crippen molar-refractivity contribution in [3.8, 4) is 0 Å². The number of likely N-dealkylation sites (tertiary alicyclic amines) is 1. The number of alkyl halides is 3. The van der Waals surface area contributed by atoms with Gasteiger partial charge in [0.2, 0.25) is 0 Å². The van der Waals surface area contributed by atoms with Gasteiger partial charge in [0.1, 0.15) is 6.61 Å². The van der Waals surface area contributed by atoms with Crippen molar-refractivity contribution in [1.82, 2.24) is 4.90 Å². The predicted octanol–water partition coefficient (Wildman–Crippen LogP) is 7.71. The molecule has 190 valence electrons. The Balaban J connectivity index is 1.74. The molecule has 4 rings (SSSR count). The number of nitrogens with zero attached hydrogens (tertiary/aromatic N) is 2. The lowest BCUT2D eigenvalue weighted by Crippen LogP contribution is -2.36. The molecule has 1 saturated carbocycles. The van der Waals surface area contributed by atoms with Crippen LogP contribution in [0, 0.1) is 5.89 Å². The number of rotatable bonds is 8. The van der Waals surface area contributed by atoms with Crippen LogP contribution >= 0.6 is 0 Å². The Morgan fingerprint density at radius 3 is 2.60 bits per heavy atom. The molecule has 6 heteroatoms. The van der Waals surface area contributed by atoms with Crippen LogP contribution in [0.4, 0.5) is 13.2 Å². The number of benzene rings is 2. The molecule has 2 aromatic rings. The highest BCUT2D eigenvalue weighted by Crippen LogP contribution is 2.42. The Hall–Kier alpha value is -2.34. The molecule has 3 nitrogen and oxygen atoms in total. The molecule has 0 radical (unpaired) electrons. The fourth-order valence-electron chi connectivity index (χ4n) is 3.47. The van der Waals surface area contributed by atoms with Crippen LogP contribution in [-0.2, 0) is 30.5 Å². The molecule has 0 spiro atoms. The second-order valence-corrected chi connectivity index (χ2v) is 8.17. The van der Waals surface area contributed by atoms with E-state index >= 15 is 0 Å². The summed E-state index contributed by atoms with van der Waals surface area (Å²) in [6.45, 7) is -3.44. The van der Waals surface area contributed by atoms with Crippen LogP contribution in [0.25, 0.3) is 0 Å². The molecule has 0 N–H and O–H groups in total. The van der Waals surface area contributed by atoms with Crippen molar-refractivity contribution in [2.24, 2.45) is 11.0 Å². The van der Waals surface area contributed by atoms with Crippen molar-refractivity contribution in [3.63, 3.8) is 0 Å². The maximum atomic E-state index is 14.6. The third-order valence-corrected chi connectivity index (χ3v) is 5.55. The Kier molecular flexibility index (Phi) is 3.76. The van der Waals surface area contributed by atoms with E-state index in [9.17, 15) is 13.2 Å². The first-order valence-corrected chi connectivity index (χ1v) is 10.9. The van der Waals surface area contributed by atoms with Gasteiger partial charge in [-0.1, -0.05) is 55.9 Å². The monoisotopic (exact) mass is 503 g/mol. The van der Waals surface area contributed by atoms with Crippen LogP contribution in [0.1, 0.15) is 115 Å². The van der Waals surface area contributed by atoms with Crippen LogP contribution in [-0.4, -0.2) is 23.7 Å².